The lowest BCUT2D eigenvalue weighted by Gasteiger charge is -2.34. The first-order valence-corrected chi connectivity index (χ1v) is 8.75. The molecule has 0 bridgehead atoms. The standard InChI is InChI=1S/C16H21F2N3O2S/c1-12(24-7-3-2-6-22)16(23,9-21-11-19-10-20-21)14-5-4-13(17)8-15(14)18/h4-5,8,10-12,22-23H,2-3,6-7,9H2,1H3/t12-,16-/m1/s1. The zero-order valence-electron chi connectivity index (χ0n) is 13.4. The highest BCUT2D eigenvalue weighted by Crippen LogP contribution is 2.36. The summed E-state index contributed by atoms with van der Waals surface area (Å²) in [6, 6.07) is 3.17. The van der Waals surface area contributed by atoms with Gasteiger partial charge in [-0.2, -0.15) is 16.9 Å². The lowest BCUT2D eigenvalue weighted by atomic mass is 9.90. The number of rotatable bonds is 9. The van der Waals surface area contributed by atoms with Gasteiger partial charge < -0.3 is 10.2 Å². The third-order valence-corrected chi connectivity index (χ3v) is 5.27. The molecule has 2 aromatic rings. The summed E-state index contributed by atoms with van der Waals surface area (Å²) in [5, 5.41) is 23.7. The molecule has 1 aromatic carbocycles. The van der Waals surface area contributed by atoms with Crippen LogP contribution in [0.4, 0.5) is 8.78 Å². The molecule has 0 amide bonds. The van der Waals surface area contributed by atoms with Gasteiger partial charge in [0.15, 0.2) is 0 Å². The average molecular weight is 357 g/mol. The molecule has 0 saturated carbocycles. The highest BCUT2D eigenvalue weighted by Gasteiger charge is 2.39. The summed E-state index contributed by atoms with van der Waals surface area (Å²) in [5.41, 5.74) is -1.54. The number of aromatic nitrogens is 3. The van der Waals surface area contributed by atoms with Gasteiger partial charge in [0, 0.05) is 23.5 Å². The van der Waals surface area contributed by atoms with Gasteiger partial charge in [-0.15, -0.1) is 0 Å². The maximum Gasteiger partial charge on any atom is 0.137 e. The van der Waals surface area contributed by atoms with Crippen LogP contribution in [0.1, 0.15) is 25.3 Å². The fourth-order valence-electron chi connectivity index (χ4n) is 2.45. The number of nitrogens with zero attached hydrogens (tertiary/aromatic N) is 3. The molecule has 0 aliphatic heterocycles. The molecule has 1 aromatic heterocycles. The quantitative estimate of drug-likeness (QED) is 0.674. The number of thioether (sulfide) groups is 1. The summed E-state index contributed by atoms with van der Waals surface area (Å²) in [5.74, 6) is -0.771. The van der Waals surface area contributed by atoms with Crippen molar-refractivity contribution < 1.29 is 19.0 Å². The van der Waals surface area contributed by atoms with Crippen LogP contribution >= 0.6 is 11.8 Å². The third kappa shape index (κ3) is 4.52. The zero-order valence-corrected chi connectivity index (χ0v) is 14.2. The van der Waals surface area contributed by atoms with Gasteiger partial charge in [0.25, 0.3) is 0 Å². The van der Waals surface area contributed by atoms with Crippen molar-refractivity contribution in [1.29, 1.82) is 0 Å². The van der Waals surface area contributed by atoms with Gasteiger partial charge in [-0.3, -0.25) is 0 Å². The van der Waals surface area contributed by atoms with Crippen LogP contribution < -0.4 is 0 Å². The Balaban J connectivity index is 2.26. The van der Waals surface area contributed by atoms with Crippen molar-refractivity contribution in [3.8, 4) is 0 Å². The second kappa shape index (κ2) is 8.55. The molecule has 132 valence electrons. The van der Waals surface area contributed by atoms with Gasteiger partial charge in [-0.1, -0.05) is 13.0 Å². The minimum Gasteiger partial charge on any atom is -0.396 e. The van der Waals surface area contributed by atoms with Crippen molar-refractivity contribution in [2.24, 2.45) is 0 Å². The fourth-order valence-corrected chi connectivity index (χ4v) is 3.65. The number of halogens is 2. The monoisotopic (exact) mass is 357 g/mol. The second-order valence-corrected chi connectivity index (χ2v) is 7.03. The molecule has 24 heavy (non-hydrogen) atoms. The van der Waals surface area contributed by atoms with E-state index in [-0.39, 0.29) is 24.0 Å². The van der Waals surface area contributed by atoms with E-state index in [1.807, 2.05) is 0 Å². The number of aliphatic hydroxyl groups is 2. The van der Waals surface area contributed by atoms with Crippen molar-refractivity contribution in [3.63, 3.8) is 0 Å². The average Bonchev–Trinajstić information content (AvgIpc) is 3.03. The van der Waals surface area contributed by atoms with Crippen LogP contribution in [-0.2, 0) is 12.1 Å². The van der Waals surface area contributed by atoms with Crippen LogP contribution in [0.25, 0.3) is 0 Å². The second-order valence-electron chi connectivity index (χ2n) is 5.59. The molecule has 0 fully saturated rings. The van der Waals surface area contributed by atoms with E-state index in [0.29, 0.717) is 12.2 Å². The number of hydrogen-bond donors (Lipinski definition) is 2. The van der Waals surface area contributed by atoms with Crippen molar-refractivity contribution in [2.45, 2.75) is 37.2 Å². The van der Waals surface area contributed by atoms with E-state index >= 15 is 0 Å². The normalized spacial score (nSPS) is 15.2. The molecule has 5 nitrogen and oxygen atoms in total. The SMILES string of the molecule is C[C@@H](SCCCCO)[C@](O)(Cn1cncn1)c1ccc(F)cc1F. The highest BCUT2D eigenvalue weighted by molar-refractivity contribution is 7.99. The first-order valence-electron chi connectivity index (χ1n) is 7.70. The molecule has 2 N–H and O–H groups in total. The Labute approximate surface area is 143 Å². The molecule has 0 unspecified atom stereocenters. The summed E-state index contributed by atoms with van der Waals surface area (Å²) < 4.78 is 28.9. The topological polar surface area (TPSA) is 71.2 Å². The predicted molar refractivity (Wildman–Crippen MR) is 88.5 cm³/mol. The third-order valence-electron chi connectivity index (χ3n) is 3.86. The molecule has 2 atom stereocenters. The highest BCUT2D eigenvalue weighted by atomic mass is 32.2. The minimum atomic E-state index is -1.57. The summed E-state index contributed by atoms with van der Waals surface area (Å²) >= 11 is 1.47. The summed E-state index contributed by atoms with van der Waals surface area (Å²) in [7, 11) is 0. The number of aliphatic hydroxyl groups excluding tert-OH is 1. The number of unbranched alkanes of at least 4 members (excludes halogenated alkanes) is 1. The Hall–Kier alpha value is -1.51. The van der Waals surface area contributed by atoms with Crippen molar-refractivity contribution in [2.75, 3.05) is 12.4 Å². The summed E-state index contributed by atoms with van der Waals surface area (Å²) in [6.45, 7) is 1.91. The van der Waals surface area contributed by atoms with Crippen LogP contribution in [-0.4, -0.2) is 42.6 Å². The Kier molecular flexibility index (Phi) is 6.70. The number of hydrogen-bond acceptors (Lipinski definition) is 5. The van der Waals surface area contributed by atoms with Crippen LogP contribution in [0.5, 0.6) is 0 Å². The van der Waals surface area contributed by atoms with E-state index < -0.39 is 17.2 Å². The molecular weight excluding hydrogens is 336 g/mol. The van der Waals surface area contributed by atoms with Crippen LogP contribution in [0.15, 0.2) is 30.9 Å². The fraction of sp³-hybridized carbons (Fsp3) is 0.500. The first kappa shape index (κ1) is 18.8. The lowest BCUT2D eigenvalue weighted by molar-refractivity contribution is 0.0133. The first-order chi connectivity index (χ1) is 11.5. The van der Waals surface area contributed by atoms with E-state index in [9.17, 15) is 13.9 Å². The van der Waals surface area contributed by atoms with E-state index in [2.05, 4.69) is 10.1 Å². The van der Waals surface area contributed by atoms with Gasteiger partial charge in [-0.05, 0) is 24.7 Å². The molecule has 0 spiro atoms. The molecular formula is C16H21F2N3O2S. The predicted octanol–water partition coefficient (Wildman–Crippen LogP) is 2.34. The molecule has 2 rings (SSSR count). The molecule has 0 radical (unpaired) electrons. The summed E-state index contributed by atoms with van der Waals surface area (Å²) in [4.78, 5) is 3.83. The molecule has 0 aliphatic rings. The Morgan fingerprint density at radius 1 is 1.33 bits per heavy atom. The molecule has 0 saturated heterocycles. The largest absolute Gasteiger partial charge is 0.396 e. The van der Waals surface area contributed by atoms with Crippen LogP contribution in [0, 0.1) is 11.6 Å². The Morgan fingerprint density at radius 2 is 2.12 bits per heavy atom. The molecule has 8 heteroatoms. The van der Waals surface area contributed by atoms with Crippen LogP contribution in [0.2, 0.25) is 0 Å². The van der Waals surface area contributed by atoms with Gasteiger partial charge in [0.1, 0.15) is 29.9 Å². The number of benzene rings is 1. The Bertz CT molecular complexity index is 642. The van der Waals surface area contributed by atoms with E-state index in [1.165, 1.54) is 35.2 Å². The van der Waals surface area contributed by atoms with Gasteiger partial charge in [0.05, 0.1) is 6.54 Å². The maximum absolute atomic E-state index is 14.3. The lowest BCUT2D eigenvalue weighted by Crippen LogP contribution is -2.41. The smallest absolute Gasteiger partial charge is 0.137 e. The maximum atomic E-state index is 14.3. The van der Waals surface area contributed by atoms with Crippen molar-refractivity contribution >= 4 is 11.8 Å². The van der Waals surface area contributed by atoms with E-state index in [1.54, 1.807) is 6.92 Å². The molecule has 1 heterocycles. The molecule has 0 aliphatic carbocycles. The summed E-state index contributed by atoms with van der Waals surface area (Å²) in [6.07, 6.45) is 4.24. The van der Waals surface area contributed by atoms with Gasteiger partial charge in [-0.25, -0.2) is 18.4 Å². The van der Waals surface area contributed by atoms with Crippen LogP contribution in [0.3, 0.4) is 0 Å². The Morgan fingerprint density at radius 3 is 2.75 bits per heavy atom. The zero-order chi connectivity index (χ0) is 17.6. The van der Waals surface area contributed by atoms with Gasteiger partial charge >= 0.3 is 0 Å². The van der Waals surface area contributed by atoms with Gasteiger partial charge in [0.2, 0.25) is 0 Å². The minimum absolute atomic E-state index is 0.00369. The van der Waals surface area contributed by atoms with E-state index in [4.69, 9.17) is 5.11 Å². The van der Waals surface area contributed by atoms with Crippen molar-refractivity contribution in [1.82, 2.24) is 14.8 Å². The van der Waals surface area contributed by atoms with Crippen molar-refractivity contribution in [3.05, 3.63) is 48.1 Å². The van der Waals surface area contributed by atoms with E-state index in [0.717, 1.165) is 18.6 Å².